The molecule has 3 unspecified atom stereocenters. The second-order valence-electron chi connectivity index (χ2n) is 7.22. The van der Waals surface area contributed by atoms with Crippen LogP contribution in [0.15, 0.2) is 0 Å². The van der Waals surface area contributed by atoms with E-state index < -0.39 is 11.5 Å². The molecule has 0 radical (unpaired) electrons. The molecule has 5 nitrogen and oxygen atoms in total. The van der Waals surface area contributed by atoms with E-state index in [1.165, 1.54) is 38.9 Å². The van der Waals surface area contributed by atoms with E-state index in [1.807, 2.05) is 0 Å². The number of carboxylic acid groups (broad SMARTS) is 1. The first-order valence-electron chi connectivity index (χ1n) is 8.35. The van der Waals surface area contributed by atoms with Crippen LogP contribution in [0, 0.1) is 5.92 Å². The Morgan fingerprint density at radius 1 is 1.33 bits per heavy atom. The number of aliphatic carboxylic acids is 1. The van der Waals surface area contributed by atoms with E-state index in [9.17, 15) is 4.79 Å². The van der Waals surface area contributed by atoms with Gasteiger partial charge >= 0.3 is 5.97 Å². The van der Waals surface area contributed by atoms with E-state index in [4.69, 9.17) is 10.8 Å². The van der Waals surface area contributed by atoms with Gasteiger partial charge in [0.05, 0.1) is 0 Å². The summed E-state index contributed by atoms with van der Waals surface area (Å²) in [6.45, 7) is 6.35. The van der Waals surface area contributed by atoms with E-state index >= 15 is 0 Å². The number of carboxylic acids is 1. The largest absolute Gasteiger partial charge is 0.480 e. The number of hydrogen-bond donors (Lipinski definition) is 2. The molecule has 5 heteroatoms. The van der Waals surface area contributed by atoms with Crippen LogP contribution in [-0.4, -0.2) is 65.7 Å². The lowest BCUT2D eigenvalue weighted by Crippen LogP contribution is -2.52. The zero-order valence-electron chi connectivity index (χ0n) is 13.6. The molecular weight excluding hydrogens is 266 g/mol. The molecule has 0 bridgehead atoms. The summed E-state index contributed by atoms with van der Waals surface area (Å²) in [5, 5.41) is 9.00. The second kappa shape index (κ2) is 7.07. The van der Waals surface area contributed by atoms with Gasteiger partial charge in [-0.2, -0.15) is 0 Å². The van der Waals surface area contributed by atoms with Crippen LogP contribution in [-0.2, 0) is 4.79 Å². The Bertz CT molecular complexity index is 359. The maximum atomic E-state index is 11.0. The van der Waals surface area contributed by atoms with E-state index in [0.29, 0.717) is 6.42 Å². The minimum absolute atomic E-state index is 0.560. The first-order chi connectivity index (χ1) is 9.90. The molecule has 0 aromatic rings. The normalized spacial score (nSPS) is 30.6. The highest BCUT2D eigenvalue weighted by Gasteiger charge is 2.34. The summed E-state index contributed by atoms with van der Waals surface area (Å²) in [7, 11) is 2.26. The average molecular weight is 297 g/mol. The van der Waals surface area contributed by atoms with Gasteiger partial charge in [-0.3, -0.25) is 4.79 Å². The highest BCUT2D eigenvalue weighted by Crippen LogP contribution is 2.29. The maximum absolute atomic E-state index is 11.0. The minimum atomic E-state index is -1.07. The van der Waals surface area contributed by atoms with Crippen LogP contribution in [0.4, 0.5) is 0 Å². The third-order valence-corrected chi connectivity index (χ3v) is 5.34. The van der Waals surface area contributed by atoms with Crippen molar-refractivity contribution in [1.82, 2.24) is 9.80 Å². The Balaban J connectivity index is 1.67. The Morgan fingerprint density at radius 2 is 2.10 bits per heavy atom. The van der Waals surface area contributed by atoms with Crippen molar-refractivity contribution >= 4 is 5.97 Å². The summed E-state index contributed by atoms with van der Waals surface area (Å²) in [5.41, 5.74) is 4.69. The summed E-state index contributed by atoms with van der Waals surface area (Å²) >= 11 is 0. The van der Waals surface area contributed by atoms with Crippen molar-refractivity contribution in [2.24, 2.45) is 11.7 Å². The second-order valence-corrected chi connectivity index (χ2v) is 7.22. The fourth-order valence-corrected chi connectivity index (χ4v) is 3.87. The van der Waals surface area contributed by atoms with Crippen LogP contribution < -0.4 is 5.73 Å². The van der Waals surface area contributed by atoms with Crippen LogP contribution in [0.3, 0.4) is 0 Å². The molecule has 2 heterocycles. The highest BCUT2D eigenvalue weighted by atomic mass is 16.4. The van der Waals surface area contributed by atoms with Crippen LogP contribution in [0.2, 0.25) is 0 Å². The number of nitrogens with zero attached hydrogens (tertiary/aromatic N) is 2. The molecule has 3 atom stereocenters. The van der Waals surface area contributed by atoms with Gasteiger partial charge in [-0.15, -0.1) is 0 Å². The van der Waals surface area contributed by atoms with Crippen LogP contribution >= 0.6 is 0 Å². The summed E-state index contributed by atoms with van der Waals surface area (Å²) < 4.78 is 0. The van der Waals surface area contributed by atoms with E-state index in [2.05, 4.69) is 16.8 Å². The first-order valence-corrected chi connectivity index (χ1v) is 8.35. The third-order valence-electron chi connectivity index (χ3n) is 5.34. The topological polar surface area (TPSA) is 69.8 Å². The molecular formula is C16H31N3O2. The van der Waals surface area contributed by atoms with Crippen molar-refractivity contribution in [2.75, 3.05) is 33.2 Å². The van der Waals surface area contributed by atoms with Gasteiger partial charge in [-0.1, -0.05) is 0 Å². The Morgan fingerprint density at radius 3 is 2.81 bits per heavy atom. The van der Waals surface area contributed by atoms with Crippen molar-refractivity contribution in [3.8, 4) is 0 Å². The van der Waals surface area contributed by atoms with Crippen LogP contribution in [0.1, 0.15) is 45.4 Å². The van der Waals surface area contributed by atoms with Gasteiger partial charge in [0.2, 0.25) is 0 Å². The number of likely N-dealkylation sites (tertiary alicyclic amines) is 2. The molecule has 2 aliphatic rings. The smallest absolute Gasteiger partial charge is 0.323 e. The fourth-order valence-electron chi connectivity index (χ4n) is 3.87. The molecule has 0 spiro atoms. The average Bonchev–Trinajstić information content (AvgIpc) is 2.43. The number of fused-ring (bicyclic) bond motifs is 1. The summed E-state index contributed by atoms with van der Waals surface area (Å²) in [6, 6.07) is 0.786. The molecule has 2 saturated heterocycles. The van der Waals surface area contributed by atoms with Gasteiger partial charge in [-0.25, -0.2) is 0 Å². The molecule has 2 rings (SSSR count). The van der Waals surface area contributed by atoms with Gasteiger partial charge in [0.1, 0.15) is 5.54 Å². The summed E-state index contributed by atoms with van der Waals surface area (Å²) in [4.78, 5) is 16.1. The number of piperidine rings is 2. The molecule has 21 heavy (non-hydrogen) atoms. The Hall–Kier alpha value is -0.650. The number of carbonyl (C=O) groups is 1. The van der Waals surface area contributed by atoms with Crippen molar-refractivity contribution in [1.29, 1.82) is 0 Å². The van der Waals surface area contributed by atoms with E-state index in [1.54, 1.807) is 6.92 Å². The molecule has 0 amide bonds. The number of nitrogens with two attached hydrogens (primary N) is 1. The van der Waals surface area contributed by atoms with Gasteiger partial charge in [0, 0.05) is 12.6 Å². The van der Waals surface area contributed by atoms with Crippen molar-refractivity contribution in [3.05, 3.63) is 0 Å². The van der Waals surface area contributed by atoms with Crippen LogP contribution in [0.5, 0.6) is 0 Å². The maximum Gasteiger partial charge on any atom is 0.323 e. The van der Waals surface area contributed by atoms with Gasteiger partial charge < -0.3 is 20.6 Å². The molecule has 2 fully saturated rings. The lowest BCUT2D eigenvalue weighted by molar-refractivity contribution is -0.142. The lowest BCUT2D eigenvalue weighted by Gasteiger charge is -2.46. The Kier molecular flexibility index (Phi) is 5.63. The summed E-state index contributed by atoms with van der Waals surface area (Å²) in [6.07, 6.45) is 6.48. The predicted molar refractivity (Wildman–Crippen MR) is 84.3 cm³/mol. The quantitative estimate of drug-likeness (QED) is 0.725. The zero-order valence-corrected chi connectivity index (χ0v) is 13.6. The molecule has 0 aromatic heterocycles. The third kappa shape index (κ3) is 4.41. The molecule has 122 valence electrons. The fraction of sp³-hybridized carbons (Fsp3) is 0.938. The molecule has 0 aliphatic carbocycles. The van der Waals surface area contributed by atoms with Crippen LogP contribution in [0.25, 0.3) is 0 Å². The summed E-state index contributed by atoms with van der Waals surface area (Å²) in [5.74, 6) is -0.0650. The van der Waals surface area contributed by atoms with E-state index in [0.717, 1.165) is 31.3 Å². The number of hydrogen-bond acceptors (Lipinski definition) is 4. The molecule has 0 aromatic carbocycles. The molecule has 2 aliphatic heterocycles. The van der Waals surface area contributed by atoms with Crippen molar-refractivity contribution in [2.45, 2.75) is 57.0 Å². The Labute approximate surface area is 128 Å². The SMILES string of the molecule is CN1CCCC2CN(CCCCC(C)(N)C(=O)O)CCC21. The first kappa shape index (κ1) is 16.7. The van der Waals surface area contributed by atoms with Crippen molar-refractivity contribution < 1.29 is 9.90 Å². The minimum Gasteiger partial charge on any atom is -0.480 e. The predicted octanol–water partition coefficient (Wildman–Crippen LogP) is 1.37. The lowest BCUT2D eigenvalue weighted by atomic mass is 9.84. The highest BCUT2D eigenvalue weighted by molar-refractivity contribution is 5.77. The number of unbranched alkanes of at least 4 members (excludes halogenated alkanes) is 1. The molecule has 3 N–H and O–H groups in total. The standard InChI is InChI=1S/C16H31N3O2/c1-16(17,15(20)21)8-3-4-10-19-11-7-14-13(12-19)6-5-9-18(14)2/h13-14H,3-12,17H2,1-2H3,(H,20,21). The van der Waals surface area contributed by atoms with Gasteiger partial charge in [-0.05, 0) is 78.0 Å². The van der Waals surface area contributed by atoms with Crippen molar-refractivity contribution in [3.63, 3.8) is 0 Å². The van der Waals surface area contributed by atoms with Gasteiger partial charge in [0.15, 0.2) is 0 Å². The zero-order chi connectivity index (χ0) is 15.5. The van der Waals surface area contributed by atoms with Gasteiger partial charge in [0.25, 0.3) is 0 Å². The monoisotopic (exact) mass is 297 g/mol. The van der Waals surface area contributed by atoms with E-state index in [-0.39, 0.29) is 0 Å². The number of rotatable bonds is 6. The molecule has 0 saturated carbocycles.